The summed E-state index contributed by atoms with van der Waals surface area (Å²) in [7, 11) is 0. The molecule has 2 atom stereocenters. The van der Waals surface area contributed by atoms with E-state index in [9.17, 15) is 9.59 Å². The van der Waals surface area contributed by atoms with Crippen LogP contribution < -0.4 is 0 Å². The lowest BCUT2D eigenvalue weighted by molar-refractivity contribution is -0.109. The molecule has 1 fully saturated rings. The van der Waals surface area contributed by atoms with E-state index in [1.54, 1.807) is 30.4 Å². The van der Waals surface area contributed by atoms with Crippen LogP contribution in [-0.2, 0) is 16.1 Å². The summed E-state index contributed by atoms with van der Waals surface area (Å²) in [5, 5.41) is 0.223. The van der Waals surface area contributed by atoms with E-state index in [1.165, 1.54) is 11.8 Å². The van der Waals surface area contributed by atoms with Gasteiger partial charge in [0.25, 0.3) is 0 Å². The first kappa shape index (κ1) is 16.6. The summed E-state index contributed by atoms with van der Waals surface area (Å²) in [5.41, 5.74) is 0. The van der Waals surface area contributed by atoms with Crippen LogP contribution >= 0.6 is 11.8 Å². The summed E-state index contributed by atoms with van der Waals surface area (Å²) in [6.45, 7) is 6.65. The number of ether oxygens (including phenoxy) is 1. The van der Waals surface area contributed by atoms with Gasteiger partial charge in [0.15, 0.2) is 5.12 Å². The first-order valence-corrected chi connectivity index (χ1v) is 8.15. The predicted octanol–water partition coefficient (Wildman–Crippen LogP) is 2.32. The molecular formula is C15H21N3O3S. The van der Waals surface area contributed by atoms with E-state index in [1.807, 2.05) is 10.8 Å². The molecule has 1 saturated heterocycles. The molecule has 1 amide bonds. The zero-order chi connectivity index (χ0) is 15.9. The molecule has 1 aliphatic rings. The minimum atomic E-state index is -0.331. The Morgan fingerprint density at radius 2 is 2.36 bits per heavy atom. The molecule has 0 saturated carbocycles. The first-order chi connectivity index (χ1) is 10.6. The molecule has 0 bridgehead atoms. The van der Waals surface area contributed by atoms with Gasteiger partial charge in [-0.3, -0.25) is 4.79 Å². The number of aryl methyl sites for hydroxylation is 1. The van der Waals surface area contributed by atoms with Crippen LogP contribution in [0.25, 0.3) is 0 Å². The molecule has 7 heteroatoms. The Morgan fingerprint density at radius 3 is 3.00 bits per heavy atom. The van der Waals surface area contributed by atoms with Crippen molar-refractivity contribution in [3.8, 4) is 0 Å². The van der Waals surface area contributed by atoms with Crippen LogP contribution in [0.5, 0.6) is 0 Å². The Kier molecular flexibility index (Phi) is 6.06. The highest BCUT2D eigenvalue weighted by molar-refractivity contribution is 8.14. The Bertz CT molecular complexity index is 518. The summed E-state index contributed by atoms with van der Waals surface area (Å²) < 4.78 is 7.14. The van der Waals surface area contributed by atoms with Crippen molar-refractivity contribution in [2.45, 2.75) is 37.6 Å². The van der Waals surface area contributed by atoms with E-state index < -0.39 is 0 Å². The van der Waals surface area contributed by atoms with E-state index >= 15 is 0 Å². The number of carbonyl (C=O) groups is 2. The number of hydrogen-bond donors (Lipinski definition) is 0. The Hall–Kier alpha value is -1.76. The van der Waals surface area contributed by atoms with Gasteiger partial charge in [-0.1, -0.05) is 24.4 Å². The summed E-state index contributed by atoms with van der Waals surface area (Å²) in [5.74, 6) is 0. The van der Waals surface area contributed by atoms with Crippen molar-refractivity contribution >= 4 is 23.0 Å². The van der Waals surface area contributed by atoms with E-state index in [4.69, 9.17) is 4.74 Å². The number of nitrogens with zero attached hydrogens (tertiary/aromatic N) is 3. The van der Waals surface area contributed by atoms with Gasteiger partial charge in [-0.05, 0) is 12.8 Å². The number of rotatable bonds is 6. The second-order valence-electron chi connectivity index (χ2n) is 5.23. The van der Waals surface area contributed by atoms with Crippen LogP contribution in [0.15, 0.2) is 31.4 Å². The van der Waals surface area contributed by atoms with Crippen molar-refractivity contribution < 1.29 is 14.3 Å². The average molecular weight is 323 g/mol. The van der Waals surface area contributed by atoms with Crippen LogP contribution in [0.2, 0.25) is 0 Å². The van der Waals surface area contributed by atoms with E-state index in [-0.39, 0.29) is 29.1 Å². The fourth-order valence-electron chi connectivity index (χ4n) is 2.62. The molecule has 1 aromatic rings. The fraction of sp³-hybridized carbons (Fsp3) is 0.533. The highest BCUT2D eigenvalue weighted by atomic mass is 32.2. The minimum absolute atomic E-state index is 0.0802. The van der Waals surface area contributed by atoms with Crippen molar-refractivity contribution in [3.63, 3.8) is 0 Å². The van der Waals surface area contributed by atoms with Gasteiger partial charge >= 0.3 is 6.09 Å². The summed E-state index contributed by atoms with van der Waals surface area (Å²) in [4.78, 5) is 29.2. The number of thioether (sulfide) groups is 1. The van der Waals surface area contributed by atoms with E-state index in [0.717, 1.165) is 19.4 Å². The maximum Gasteiger partial charge on any atom is 0.410 e. The molecule has 0 aromatic carbocycles. The van der Waals surface area contributed by atoms with Crippen LogP contribution in [0.3, 0.4) is 0 Å². The Labute approximate surface area is 134 Å². The van der Waals surface area contributed by atoms with Crippen molar-refractivity contribution in [2.75, 3.05) is 13.2 Å². The zero-order valence-electron chi connectivity index (χ0n) is 12.7. The molecule has 0 radical (unpaired) electrons. The van der Waals surface area contributed by atoms with Gasteiger partial charge in [0, 0.05) is 43.7 Å². The molecule has 1 aromatic heterocycles. The average Bonchev–Trinajstić information content (AvgIpc) is 3.11. The highest BCUT2D eigenvalue weighted by Crippen LogP contribution is 2.30. The highest BCUT2D eigenvalue weighted by Gasteiger charge is 2.36. The van der Waals surface area contributed by atoms with Crippen molar-refractivity contribution in [1.82, 2.24) is 14.5 Å². The maximum absolute atomic E-state index is 12.1. The summed E-state index contributed by atoms with van der Waals surface area (Å²) in [6.07, 6.45) is 8.24. The monoisotopic (exact) mass is 323 g/mol. The van der Waals surface area contributed by atoms with Crippen molar-refractivity contribution in [1.29, 1.82) is 0 Å². The van der Waals surface area contributed by atoms with Crippen LogP contribution in [-0.4, -0.2) is 50.1 Å². The van der Waals surface area contributed by atoms with Crippen molar-refractivity contribution in [3.05, 3.63) is 31.4 Å². The predicted molar refractivity (Wildman–Crippen MR) is 85.6 cm³/mol. The van der Waals surface area contributed by atoms with Crippen LogP contribution in [0.4, 0.5) is 4.79 Å². The fourth-order valence-corrected chi connectivity index (χ4v) is 3.64. The smallest absolute Gasteiger partial charge is 0.410 e. The van der Waals surface area contributed by atoms with Gasteiger partial charge in [-0.15, -0.1) is 0 Å². The molecule has 0 unspecified atom stereocenters. The maximum atomic E-state index is 12.1. The molecule has 0 aliphatic carbocycles. The molecule has 2 rings (SSSR count). The molecule has 1 aliphatic heterocycles. The van der Waals surface area contributed by atoms with Crippen molar-refractivity contribution in [2.24, 2.45) is 0 Å². The standard InChI is InChI=1S/C15H21N3O3S/c1-3-8-21-15(20)18-10-14(22-12(2)19)9-13(18)4-6-17-7-5-16-11-17/h3,5,7,11,13-14H,1,4,6,8-10H2,2H3/t13-,14+/m1/s1. The molecule has 0 N–H and O–H groups in total. The van der Waals surface area contributed by atoms with Crippen LogP contribution in [0.1, 0.15) is 19.8 Å². The number of likely N-dealkylation sites (tertiary alicyclic amines) is 1. The normalized spacial score (nSPS) is 20.9. The Morgan fingerprint density at radius 1 is 1.55 bits per heavy atom. The van der Waals surface area contributed by atoms with Gasteiger partial charge < -0.3 is 14.2 Å². The molecule has 120 valence electrons. The zero-order valence-corrected chi connectivity index (χ0v) is 13.5. The summed E-state index contributed by atoms with van der Waals surface area (Å²) >= 11 is 1.31. The number of hydrogen-bond acceptors (Lipinski definition) is 5. The molecule has 22 heavy (non-hydrogen) atoms. The molecule has 6 nitrogen and oxygen atoms in total. The molecular weight excluding hydrogens is 302 g/mol. The first-order valence-electron chi connectivity index (χ1n) is 7.27. The summed E-state index contributed by atoms with van der Waals surface area (Å²) in [6, 6.07) is 0.0802. The van der Waals surface area contributed by atoms with Crippen LogP contribution in [0, 0.1) is 0 Å². The Balaban J connectivity index is 1.96. The van der Waals surface area contributed by atoms with Gasteiger partial charge in [0.05, 0.1) is 6.33 Å². The SMILES string of the molecule is C=CCOC(=O)N1C[C@@H](SC(C)=O)C[C@H]1CCn1ccnc1. The van der Waals surface area contributed by atoms with E-state index in [0.29, 0.717) is 6.54 Å². The minimum Gasteiger partial charge on any atom is -0.445 e. The number of amides is 1. The lowest BCUT2D eigenvalue weighted by Crippen LogP contribution is -2.37. The topological polar surface area (TPSA) is 64.4 Å². The third kappa shape index (κ3) is 4.62. The molecule has 0 spiro atoms. The number of carbonyl (C=O) groups excluding carboxylic acids is 2. The second-order valence-corrected chi connectivity index (χ2v) is 6.71. The van der Waals surface area contributed by atoms with Gasteiger partial charge in [-0.2, -0.15) is 0 Å². The lowest BCUT2D eigenvalue weighted by Gasteiger charge is -2.23. The number of aromatic nitrogens is 2. The largest absolute Gasteiger partial charge is 0.445 e. The third-order valence-electron chi connectivity index (χ3n) is 3.55. The lowest BCUT2D eigenvalue weighted by atomic mass is 10.1. The number of imidazole rings is 1. The molecule has 2 heterocycles. The third-order valence-corrected chi connectivity index (χ3v) is 4.55. The second kappa shape index (κ2) is 8.03. The van der Waals surface area contributed by atoms with Gasteiger partial charge in [-0.25, -0.2) is 9.78 Å². The van der Waals surface area contributed by atoms with Gasteiger partial charge in [0.1, 0.15) is 6.61 Å². The quantitative estimate of drug-likeness (QED) is 0.752. The van der Waals surface area contributed by atoms with Gasteiger partial charge in [0.2, 0.25) is 0 Å². The van der Waals surface area contributed by atoms with E-state index in [2.05, 4.69) is 11.6 Å².